The first-order chi connectivity index (χ1) is 9.17. The molecule has 5 nitrogen and oxygen atoms in total. The molecule has 0 saturated heterocycles. The van der Waals surface area contributed by atoms with Crippen LogP contribution in [0.5, 0.6) is 0 Å². The van der Waals surface area contributed by atoms with Crippen LogP contribution < -0.4 is 10.6 Å². The molecular weight excluding hydrogens is 247 g/mol. The first kappa shape index (κ1) is 13.2. The van der Waals surface area contributed by atoms with Crippen LogP contribution in [0.2, 0.25) is 0 Å². The molecule has 1 aromatic heterocycles. The number of nitrogens with zero attached hydrogens (tertiary/aromatic N) is 2. The zero-order valence-corrected chi connectivity index (χ0v) is 10.6. The van der Waals surface area contributed by atoms with E-state index in [0.717, 1.165) is 5.69 Å². The van der Waals surface area contributed by atoms with Gasteiger partial charge in [-0.15, -0.1) is 0 Å². The van der Waals surface area contributed by atoms with E-state index in [4.69, 9.17) is 0 Å². The fourth-order valence-corrected chi connectivity index (χ4v) is 1.66. The van der Waals surface area contributed by atoms with Gasteiger partial charge in [-0.1, -0.05) is 0 Å². The number of carbonyl (C=O) groups is 1. The van der Waals surface area contributed by atoms with E-state index in [1.54, 1.807) is 17.1 Å². The van der Waals surface area contributed by atoms with Crippen molar-refractivity contribution in [2.75, 3.05) is 12.4 Å². The van der Waals surface area contributed by atoms with Gasteiger partial charge in [0.05, 0.1) is 12.0 Å². The van der Waals surface area contributed by atoms with E-state index in [2.05, 4.69) is 15.6 Å². The molecule has 0 bridgehead atoms. The molecule has 19 heavy (non-hydrogen) atoms. The van der Waals surface area contributed by atoms with Crippen molar-refractivity contribution in [3.05, 3.63) is 48.3 Å². The SMILES string of the molecule is CNCc1cn(CC(=O)Nc2ccc(F)cc2)cn1. The van der Waals surface area contributed by atoms with Gasteiger partial charge in [0.2, 0.25) is 5.91 Å². The van der Waals surface area contributed by atoms with E-state index < -0.39 is 0 Å². The Morgan fingerprint density at radius 1 is 1.37 bits per heavy atom. The van der Waals surface area contributed by atoms with Crippen LogP contribution in [0.3, 0.4) is 0 Å². The van der Waals surface area contributed by atoms with E-state index in [1.165, 1.54) is 24.3 Å². The highest BCUT2D eigenvalue weighted by Crippen LogP contribution is 2.08. The molecule has 100 valence electrons. The third kappa shape index (κ3) is 3.89. The van der Waals surface area contributed by atoms with Gasteiger partial charge in [-0.2, -0.15) is 0 Å². The predicted octanol–water partition coefficient (Wildman–Crippen LogP) is 1.38. The average Bonchev–Trinajstić information content (AvgIpc) is 2.80. The van der Waals surface area contributed by atoms with Gasteiger partial charge in [-0.05, 0) is 31.3 Å². The normalized spacial score (nSPS) is 10.4. The summed E-state index contributed by atoms with van der Waals surface area (Å²) in [5.41, 5.74) is 1.44. The molecule has 1 aromatic carbocycles. The Labute approximate surface area is 110 Å². The van der Waals surface area contributed by atoms with Gasteiger partial charge in [-0.25, -0.2) is 9.37 Å². The van der Waals surface area contributed by atoms with Crippen LogP contribution in [0.15, 0.2) is 36.8 Å². The van der Waals surface area contributed by atoms with Gasteiger partial charge in [-0.3, -0.25) is 4.79 Å². The molecule has 6 heteroatoms. The maximum absolute atomic E-state index is 12.7. The molecule has 0 saturated carbocycles. The zero-order chi connectivity index (χ0) is 13.7. The number of nitrogens with one attached hydrogen (secondary N) is 2. The van der Waals surface area contributed by atoms with Gasteiger partial charge >= 0.3 is 0 Å². The molecule has 2 N–H and O–H groups in total. The lowest BCUT2D eigenvalue weighted by molar-refractivity contribution is -0.116. The van der Waals surface area contributed by atoms with Gasteiger partial charge in [0.15, 0.2) is 0 Å². The predicted molar refractivity (Wildman–Crippen MR) is 70.0 cm³/mol. The summed E-state index contributed by atoms with van der Waals surface area (Å²) in [7, 11) is 1.83. The number of aromatic nitrogens is 2. The largest absolute Gasteiger partial charge is 0.328 e. The molecule has 0 aliphatic carbocycles. The van der Waals surface area contributed by atoms with Crippen molar-refractivity contribution in [1.29, 1.82) is 0 Å². The Bertz CT molecular complexity index is 550. The number of imidazole rings is 1. The monoisotopic (exact) mass is 262 g/mol. The van der Waals surface area contributed by atoms with E-state index in [1.807, 2.05) is 7.05 Å². The molecule has 1 amide bonds. The number of halogens is 1. The summed E-state index contributed by atoms with van der Waals surface area (Å²) in [6, 6.07) is 5.65. The molecule has 0 fully saturated rings. The molecular formula is C13H15FN4O. The number of amides is 1. The lowest BCUT2D eigenvalue weighted by atomic mass is 10.3. The van der Waals surface area contributed by atoms with E-state index >= 15 is 0 Å². The minimum Gasteiger partial charge on any atom is -0.328 e. The number of anilines is 1. The first-order valence-electron chi connectivity index (χ1n) is 5.88. The van der Waals surface area contributed by atoms with Crippen LogP contribution in [-0.2, 0) is 17.9 Å². The summed E-state index contributed by atoms with van der Waals surface area (Å²) in [5, 5.41) is 5.67. The van der Waals surface area contributed by atoms with Crippen LogP contribution in [0.4, 0.5) is 10.1 Å². The highest BCUT2D eigenvalue weighted by Gasteiger charge is 2.05. The topological polar surface area (TPSA) is 59.0 Å². The van der Waals surface area contributed by atoms with E-state index in [0.29, 0.717) is 12.2 Å². The molecule has 1 heterocycles. The Morgan fingerprint density at radius 2 is 2.11 bits per heavy atom. The van der Waals surface area contributed by atoms with Crippen molar-refractivity contribution >= 4 is 11.6 Å². The molecule has 2 aromatic rings. The van der Waals surface area contributed by atoms with Crippen molar-refractivity contribution in [3.8, 4) is 0 Å². The number of hydrogen-bond donors (Lipinski definition) is 2. The van der Waals surface area contributed by atoms with Crippen molar-refractivity contribution in [2.24, 2.45) is 0 Å². The zero-order valence-electron chi connectivity index (χ0n) is 10.6. The summed E-state index contributed by atoms with van der Waals surface area (Å²) in [5.74, 6) is -0.510. The van der Waals surface area contributed by atoms with Gasteiger partial charge in [0, 0.05) is 18.4 Å². The van der Waals surface area contributed by atoms with Crippen molar-refractivity contribution < 1.29 is 9.18 Å². The Morgan fingerprint density at radius 3 is 2.79 bits per heavy atom. The second kappa shape index (κ2) is 6.10. The second-order valence-corrected chi connectivity index (χ2v) is 4.12. The molecule has 0 spiro atoms. The lowest BCUT2D eigenvalue weighted by Crippen LogP contribution is -2.17. The van der Waals surface area contributed by atoms with Crippen molar-refractivity contribution in [1.82, 2.24) is 14.9 Å². The summed E-state index contributed by atoms with van der Waals surface area (Å²) < 4.78 is 14.4. The highest BCUT2D eigenvalue weighted by atomic mass is 19.1. The number of hydrogen-bond acceptors (Lipinski definition) is 3. The summed E-state index contributed by atoms with van der Waals surface area (Å²) in [6.45, 7) is 0.834. The second-order valence-electron chi connectivity index (χ2n) is 4.12. The highest BCUT2D eigenvalue weighted by molar-refractivity contribution is 5.90. The maximum Gasteiger partial charge on any atom is 0.244 e. The van der Waals surface area contributed by atoms with Gasteiger partial charge < -0.3 is 15.2 Å². The standard InChI is InChI=1S/C13H15FN4O/c1-15-6-12-7-18(9-16-12)8-13(19)17-11-4-2-10(14)3-5-11/h2-5,7,9,15H,6,8H2,1H3,(H,17,19). The van der Waals surface area contributed by atoms with Gasteiger partial charge in [0.1, 0.15) is 12.4 Å². The van der Waals surface area contributed by atoms with Gasteiger partial charge in [0.25, 0.3) is 0 Å². The van der Waals surface area contributed by atoms with Crippen LogP contribution in [0.25, 0.3) is 0 Å². The molecule has 0 aliphatic heterocycles. The van der Waals surface area contributed by atoms with Crippen LogP contribution in [0.1, 0.15) is 5.69 Å². The Hall–Kier alpha value is -2.21. The molecule has 0 aliphatic rings. The first-order valence-corrected chi connectivity index (χ1v) is 5.88. The summed E-state index contributed by atoms with van der Waals surface area (Å²) >= 11 is 0. The summed E-state index contributed by atoms with van der Waals surface area (Å²) in [4.78, 5) is 15.9. The quantitative estimate of drug-likeness (QED) is 0.856. The minimum absolute atomic E-state index is 0.175. The molecule has 0 unspecified atom stereocenters. The number of benzene rings is 1. The Kier molecular flexibility index (Phi) is 4.25. The molecule has 0 radical (unpaired) electrons. The van der Waals surface area contributed by atoms with Crippen LogP contribution >= 0.6 is 0 Å². The molecule has 2 rings (SSSR count). The average molecular weight is 262 g/mol. The fraction of sp³-hybridized carbons (Fsp3) is 0.231. The van der Waals surface area contributed by atoms with Crippen molar-refractivity contribution in [2.45, 2.75) is 13.1 Å². The smallest absolute Gasteiger partial charge is 0.244 e. The number of rotatable bonds is 5. The fourth-order valence-electron chi connectivity index (χ4n) is 1.66. The van der Waals surface area contributed by atoms with Crippen molar-refractivity contribution in [3.63, 3.8) is 0 Å². The van der Waals surface area contributed by atoms with E-state index in [9.17, 15) is 9.18 Å². The van der Waals surface area contributed by atoms with Crippen LogP contribution in [-0.4, -0.2) is 22.5 Å². The Balaban J connectivity index is 1.91. The van der Waals surface area contributed by atoms with Crippen LogP contribution in [0, 0.1) is 5.82 Å². The third-order valence-corrected chi connectivity index (χ3v) is 2.50. The number of carbonyl (C=O) groups excluding carboxylic acids is 1. The van der Waals surface area contributed by atoms with E-state index in [-0.39, 0.29) is 18.3 Å². The minimum atomic E-state index is -0.329. The third-order valence-electron chi connectivity index (χ3n) is 2.50. The summed E-state index contributed by atoms with van der Waals surface area (Å²) in [6.07, 6.45) is 3.41. The maximum atomic E-state index is 12.7. The lowest BCUT2D eigenvalue weighted by Gasteiger charge is -2.05. The molecule has 0 atom stereocenters.